The molecule has 3 nitrogen and oxygen atoms in total. The average Bonchev–Trinajstić information content (AvgIpc) is 2.37. The normalized spacial score (nSPS) is 17.6. The Bertz CT molecular complexity index is 406. The van der Waals surface area contributed by atoms with E-state index < -0.39 is 6.10 Å². The molecule has 1 heterocycles. The van der Waals surface area contributed by atoms with Gasteiger partial charge in [-0.25, -0.2) is 0 Å². The van der Waals surface area contributed by atoms with Crippen LogP contribution in [0.15, 0.2) is 12.1 Å². The fourth-order valence-corrected chi connectivity index (χ4v) is 2.13. The molecule has 2 rings (SSSR count). The monoisotopic (exact) mass is 256 g/mol. The number of hydrogen-bond acceptors (Lipinski definition) is 3. The van der Waals surface area contributed by atoms with Crippen LogP contribution in [-0.2, 0) is 0 Å². The Morgan fingerprint density at radius 1 is 1.35 bits per heavy atom. The molecule has 1 aliphatic rings. The maximum Gasteiger partial charge on any atom is 0.179 e. The van der Waals surface area contributed by atoms with Crippen molar-refractivity contribution in [3.8, 4) is 11.5 Å². The smallest absolute Gasteiger partial charge is 0.179 e. The quantitative estimate of drug-likeness (QED) is 0.903. The minimum absolute atomic E-state index is 0.189. The van der Waals surface area contributed by atoms with Gasteiger partial charge in [0, 0.05) is 0 Å². The standard InChI is InChI=1S/C13H17ClO3/c1-3-8(2)12(15)9-6-10(14)13-11(7-9)16-4-5-17-13/h6-8,12,15H,3-5H2,1-2H3. The molecule has 0 saturated carbocycles. The zero-order valence-corrected chi connectivity index (χ0v) is 10.8. The van der Waals surface area contributed by atoms with E-state index in [0.717, 1.165) is 12.0 Å². The Kier molecular flexibility index (Phi) is 3.79. The Balaban J connectivity index is 2.33. The summed E-state index contributed by atoms with van der Waals surface area (Å²) in [5, 5.41) is 10.7. The molecule has 0 radical (unpaired) electrons. The lowest BCUT2D eigenvalue weighted by atomic mass is 9.95. The van der Waals surface area contributed by atoms with Crippen molar-refractivity contribution in [3.63, 3.8) is 0 Å². The first-order valence-corrected chi connectivity index (χ1v) is 6.28. The van der Waals surface area contributed by atoms with Gasteiger partial charge in [-0.1, -0.05) is 31.9 Å². The van der Waals surface area contributed by atoms with Gasteiger partial charge in [0.1, 0.15) is 13.2 Å². The van der Waals surface area contributed by atoms with E-state index in [0.29, 0.717) is 29.7 Å². The molecule has 0 aromatic heterocycles. The third kappa shape index (κ3) is 2.50. The van der Waals surface area contributed by atoms with E-state index in [1.807, 2.05) is 19.9 Å². The van der Waals surface area contributed by atoms with Gasteiger partial charge in [-0.2, -0.15) is 0 Å². The van der Waals surface area contributed by atoms with Crippen molar-refractivity contribution in [2.75, 3.05) is 13.2 Å². The molecule has 0 amide bonds. The molecule has 1 aromatic carbocycles. The largest absolute Gasteiger partial charge is 0.486 e. The first-order valence-electron chi connectivity index (χ1n) is 5.90. The van der Waals surface area contributed by atoms with Crippen LogP contribution < -0.4 is 9.47 Å². The van der Waals surface area contributed by atoms with Gasteiger partial charge in [-0.3, -0.25) is 0 Å². The lowest BCUT2D eigenvalue weighted by molar-refractivity contribution is 0.114. The van der Waals surface area contributed by atoms with Gasteiger partial charge in [0.05, 0.1) is 11.1 Å². The number of hydrogen-bond donors (Lipinski definition) is 1. The van der Waals surface area contributed by atoms with Gasteiger partial charge < -0.3 is 14.6 Å². The summed E-state index contributed by atoms with van der Waals surface area (Å²) < 4.78 is 10.9. The number of rotatable bonds is 3. The molecule has 0 bridgehead atoms. The van der Waals surface area contributed by atoms with E-state index >= 15 is 0 Å². The van der Waals surface area contributed by atoms with E-state index in [4.69, 9.17) is 21.1 Å². The molecular weight excluding hydrogens is 240 g/mol. The molecule has 1 aromatic rings. The highest BCUT2D eigenvalue weighted by Crippen LogP contribution is 2.40. The summed E-state index contributed by atoms with van der Waals surface area (Å²) in [4.78, 5) is 0. The van der Waals surface area contributed by atoms with Crippen molar-refractivity contribution in [1.29, 1.82) is 0 Å². The number of aliphatic hydroxyl groups excluding tert-OH is 1. The highest BCUT2D eigenvalue weighted by Gasteiger charge is 2.21. The van der Waals surface area contributed by atoms with E-state index in [9.17, 15) is 5.11 Å². The molecule has 2 atom stereocenters. The van der Waals surface area contributed by atoms with Crippen LogP contribution in [0.4, 0.5) is 0 Å². The third-order valence-corrected chi connectivity index (χ3v) is 3.42. The van der Waals surface area contributed by atoms with Crippen LogP contribution >= 0.6 is 11.6 Å². The van der Waals surface area contributed by atoms with Crippen molar-refractivity contribution < 1.29 is 14.6 Å². The van der Waals surface area contributed by atoms with Crippen LogP contribution in [0.25, 0.3) is 0 Å². The minimum Gasteiger partial charge on any atom is -0.486 e. The molecule has 1 N–H and O–H groups in total. The summed E-state index contributed by atoms with van der Waals surface area (Å²) in [6.07, 6.45) is 0.390. The van der Waals surface area contributed by atoms with E-state index in [1.54, 1.807) is 6.07 Å². The molecule has 1 aliphatic heterocycles. The maximum absolute atomic E-state index is 10.2. The SMILES string of the molecule is CCC(C)C(O)c1cc(Cl)c2c(c1)OCCO2. The minimum atomic E-state index is -0.520. The van der Waals surface area contributed by atoms with Crippen molar-refractivity contribution in [1.82, 2.24) is 0 Å². The van der Waals surface area contributed by atoms with Crippen molar-refractivity contribution in [3.05, 3.63) is 22.7 Å². The number of aliphatic hydroxyl groups is 1. The predicted molar refractivity (Wildman–Crippen MR) is 66.9 cm³/mol. The van der Waals surface area contributed by atoms with E-state index in [2.05, 4.69) is 0 Å². The highest BCUT2D eigenvalue weighted by molar-refractivity contribution is 6.32. The first-order chi connectivity index (χ1) is 8.13. The number of ether oxygens (including phenoxy) is 2. The molecule has 0 saturated heterocycles. The van der Waals surface area contributed by atoms with Gasteiger partial charge in [-0.05, 0) is 23.6 Å². The molecule has 94 valence electrons. The Morgan fingerprint density at radius 3 is 2.76 bits per heavy atom. The molecule has 4 heteroatoms. The topological polar surface area (TPSA) is 38.7 Å². The Labute approximate surface area is 106 Å². The summed E-state index contributed by atoms with van der Waals surface area (Å²) >= 11 is 6.12. The zero-order valence-electron chi connectivity index (χ0n) is 10.1. The summed E-state index contributed by atoms with van der Waals surface area (Å²) in [5.74, 6) is 1.40. The third-order valence-electron chi connectivity index (χ3n) is 3.14. The fraction of sp³-hybridized carbons (Fsp3) is 0.538. The second-order valence-corrected chi connectivity index (χ2v) is 4.76. The van der Waals surface area contributed by atoms with Crippen LogP contribution in [0.3, 0.4) is 0 Å². The van der Waals surface area contributed by atoms with Crippen LogP contribution in [0, 0.1) is 5.92 Å². The average molecular weight is 257 g/mol. The molecule has 2 unspecified atom stereocenters. The summed E-state index contributed by atoms with van der Waals surface area (Å²) in [6.45, 7) is 5.09. The van der Waals surface area contributed by atoms with Crippen LogP contribution in [0.2, 0.25) is 5.02 Å². The van der Waals surface area contributed by atoms with Crippen LogP contribution in [-0.4, -0.2) is 18.3 Å². The van der Waals surface area contributed by atoms with Gasteiger partial charge >= 0.3 is 0 Å². The van der Waals surface area contributed by atoms with Crippen LogP contribution in [0.5, 0.6) is 11.5 Å². The molecule has 0 aliphatic carbocycles. The van der Waals surface area contributed by atoms with Gasteiger partial charge in [0.15, 0.2) is 11.5 Å². The van der Waals surface area contributed by atoms with Gasteiger partial charge in [0.2, 0.25) is 0 Å². The van der Waals surface area contributed by atoms with E-state index in [-0.39, 0.29) is 5.92 Å². The summed E-state index contributed by atoms with van der Waals surface area (Å²) in [6, 6.07) is 3.57. The second-order valence-electron chi connectivity index (χ2n) is 4.36. The lowest BCUT2D eigenvalue weighted by Gasteiger charge is -2.23. The molecule has 0 spiro atoms. The van der Waals surface area contributed by atoms with E-state index in [1.165, 1.54) is 0 Å². The molecular formula is C13H17ClO3. The molecule has 0 fully saturated rings. The van der Waals surface area contributed by atoms with Crippen molar-refractivity contribution >= 4 is 11.6 Å². The summed E-state index contributed by atoms with van der Waals surface area (Å²) in [5.41, 5.74) is 0.786. The molecule has 17 heavy (non-hydrogen) atoms. The summed E-state index contributed by atoms with van der Waals surface area (Å²) in [7, 11) is 0. The fourth-order valence-electron chi connectivity index (χ4n) is 1.85. The highest BCUT2D eigenvalue weighted by atomic mass is 35.5. The van der Waals surface area contributed by atoms with Crippen molar-refractivity contribution in [2.24, 2.45) is 5.92 Å². The number of halogens is 1. The van der Waals surface area contributed by atoms with Crippen molar-refractivity contribution in [2.45, 2.75) is 26.4 Å². The zero-order chi connectivity index (χ0) is 12.4. The van der Waals surface area contributed by atoms with Gasteiger partial charge in [-0.15, -0.1) is 0 Å². The van der Waals surface area contributed by atoms with Gasteiger partial charge in [0.25, 0.3) is 0 Å². The van der Waals surface area contributed by atoms with Crippen LogP contribution in [0.1, 0.15) is 31.9 Å². The maximum atomic E-state index is 10.2. The first kappa shape index (κ1) is 12.5. The lowest BCUT2D eigenvalue weighted by Crippen LogP contribution is -2.16. The predicted octanol–water partition coefficient (Wildman–Crippen LogP) is 3.19. The number of fused-ring (bicyclic) bond motifs is 1. The Hall–Kier alpha value is -0.930. The number of benzene rings is 1. The Morgan fingerprint density at radius 2 is 2.06 bits per heavy atom. The second kappa shape index (κ2) is 5.15.